The van der Waals surface area contributed by atoms with Crippen molar-refractivity contribution in [2.24, 2.45) is 0 Å². The Bertz CT molecular complexity index is 945. The summed E-state index contributed by atoms with van der Waals surface area (Å²) >= 11 is 0. The molecule has 0 aromatic heterocycles. The number of rotatable bonds is 11. The first-order valence-electron chi connectivity index (χ1n) is 11.5. The van der Waals surface area contributed by atoms with Crippen LogP contribution in [-0.2, 0) is 14.3 Å². The Morgan fingerprint density at radius 2 is 1.61 bits per heavy atom. The van der Waals surface area contributed by atoms with E-state index in [0.717, 1.165) is 12.8 Å². The van der Waals surface area contributed by atoms with Crippen LogP contribution in [0.2, 0.25) is 0 Å². The summed E-state index contributed by atoms with van der Waals surface area (Å²) < 4.78 is 5.51. The smallest absolute Gasteiger partial charge is 0.407 e. The van der Waals surface area contributed by atoms with Gasteiger partial charge in [0.1, 0.15) is 12.6 Å². The van der Waals surface area contributed by atoms with Crippen LogP contribution in [0, 0.1) is 0 Å². The van der Waals surface area contributed by atoms with Crippen molar-refractivity contribution >= 4 is 18.0 Å². The van der Waals surface area contributed by atoms with Crippen molar-refractivity contribution in [3.8, 4) is 11.1 Å². The Balaban J connectivity index is 1.36. The zero-order chi connectivity index (χ0) is 23.8. The molecule has 0 aliphatic heterocycles. The number of unbranched alkanes of at least 4 members (excludes halogenated alkanes) is 2. The van der Waals surface area contributed by atoms with Crippen LogP contribution in [0.5, 0.6) is 0 Å². The third kappa shape index (κ3) is 5.92. The minimum Gasteiger partial charge on any atom is -0.480 e. The summed E-state index contributed by atoms with van der Waals surface area (Å²) in [6.07, 6.45) is 2.35. The van der Waals surface area contributed by atoms with Gasteiger partial charge in [-0.1, -0.05) is 61.9 Å². The van der Waals surface area contributed by atoms with Crippen molar-refractivity contribution < 1.29 is 24.2 Å². The second-order valence-corrected chi connectivity index (χ2v) is 8.33. The van der Waals surface area contributed by atoms with Crippen LogP contribution in [0.4, 0.5) is 4.79 Å². The number of carboxylic acids is 1. The maximum Gasteiger partial charge on any atom is 0.407 e. The van der Waals surface area contributed by atoms with Gasteiger partial charge in [0.05, 0.1) is 0 Å². The first-order chi connectivity index (χ1) is 15.9. The number of fused-ring (bicyclic) bond motifs is 3. The van der Waals surface area contributed by atoms with E-state index < -0.39 is 18.1 Å². The van der Waals surface area contributed by atoms with Gasteiger partial charge in [0, 0.05) is 25.9 Å². The van der Waals surface area contributed by atoms with E-state index in [0.29, 0.717) is 25.8 Å². The third-order valence-corrected chi connectivity index (χ3v) is 6.21. The zero-order valence-electron chi connectivity index (χ0n) is 19.3. The molecule has 176 valence electrons. The van der Waals surface area contributed by atoms with Crippen LogP contribution in [0.15, 0.2) is 48.5 Å². The Morgan fingerprint density at radius 1 is 1.00 bits per heavy atom. The van der Waals surface area contributed by atoms with Crippen molar-refractivity contribution in [2.75, 3.05) is 20.2 Å². The molecule has 7 heteroatoms. The average molecular weight is 453 g/mol. The monoisotopic (exact) mass is 452 g/mol. The van der Waals surface area contributed by atoms with Gasteiger partial charge in [-0.25, -0.2) is 9.59 Å². The highest BCUT2D eigenvalue weighted by atomic mass is 16.5. The Hall–Kier alpha value is -3.35. The Labute approximate surface area is 194 Å². The Kier molecular flexibility index (Phi) is 8.46. The number of hydrogen-bond acceptors (Lipinski definition) is 4. The van der Waals surface area contributed by atoms with E-state index in [1.54, 1.807) is 6.92 Å². The number of alkyl carbamates (subject to hydrolysis) is 1. The van der Waals surface area contributed by atoms with Gasteiger partial charge < -0.3 is 20.1 Å². The second kappa shape index (κ2) is 11.5. The van der Waals surface area contributed by atoms with Crippen molar-refractivity contribution in [3.63, 3.8) is 0 Å². The average Bonchev–Trinajstić information content (AvgIpc) is 3.13. The molecule has 0 saturated heterocycles. The lowest BCUT2D eigenvalue weighted by Gasteiger charge is -2.23. The van der Waals surface area contributed by atoms with Crippen LogP contribution >= 0.6 is 0 Å². The molecule has 2 aromatic rings. The predicted octanol–water partition coefficient (Wildman–Crippen LogP) is 4.41. The number of carbonyl (C=O) groups is 3. The zero-order valence-corrected chi connectivity index (χ0v) is 19.3. The predicted molar refractivity (Wildman–Crippen MR) is 126 cm³/mol. The normalized spacial score (nSPS) is 13.0. The topological polar surface area (TPSA) is 95.9 Å². The standard InChI is InChI=1S/C26H32N2O5/c1-3-23(25(30)31)28(2)24(29)15-5-4-10-16-27-26(32)33-17-22-20-13-8-6-11-18(20)19-12-7-9-14-21(19)22/h6-9,11-14,22-23H,3-5,10,15-17H2,1-2H3,(H,27,32)(H,30,31). The molecule has 1 aliphatic rings. The summed E-state index contributed by atoms with van der Waals surface area (Å²) in [5.74, 6) is -1.13. The fourth-order valence-electron chi connectivity index (χ4n) is 4.38. The lowest BCUT2D eigenvalue weighted by Crippen LogP contribution is -2.41. The van der Waals surface area contributed by atoms with E-state index in [2.05, 4.69) is 29.6 Å². The molecule has 7 nitrogen and oxygen atoms in total. The van der Waals surface area contributed by atoms with Crippen molar-refractivity contribution in [2.45, 2.75) is 51.0 Å². The van der Waals surface area contributed by atoms with E-state index in [4.69, 9.17) is 9.84 Å². The molecule has 1 unspecified atom stereocenters. The minimum atomic E-state index is -0.986. The number of amides is 2. The molecule has 0 bridgehead atoms. The maximum atomic E-state index is 12.2. The summed E-state index contributed by atoms with van der Waals surface area (Å²) in [6, 6.07) is 15.6. The van der Waals surface area contributed by atoms with E-state index in [-0.39, 0.29) is 18.4 Å². The van der Waals surface area contributed by atoms with Gasteiger partial charge in [0.25, 0.3) is 0 Å². The number of nitrogens with one attached hydrogen (secondary N) is 1. The highest BCUT2D eigenvalue weighted by molar-refractivity contribution is 5.83. The molecule has 33 heavy (non-hydrogen) atoms. The van der Waals surface area contributed by atoms with Gasteiger partial charge in [-0.3, -0.25) is 4.79 Å². The molecule has 0 radical (unpaired) electrons. The van der Waals surface area contributed by atoms with Gasteiger partial charge in [-0.15, -0.1) is 0 Å². The quantitative estimate of drug-likeness (QED) is 0.493. The molecular weight excluding hydrogens is 420 g/mol. The summed E-state index contributed by atoms with van der Waals surface area (Å²) in [4.78, 5) is 36.8. The maximum absolute atomic E-state index is 12.2. The van der Waals surface area contributed by atoms with E-state index >= 15 is 0 Å². The molecule has 2 amide bonds. The van der Waals surface area contributed by atoms with Gasteiger partial charge >= 0.3 is 12.1 Å². The molecule has 1 atom stereocenters. The Morgan fingerprint density at radius 3 is 2.18 bits per heavy atom. The molecular formula is C26H32N2O5. The van der Waals surface area contributed by atoms with Gasteiger partial charge in [-0.05, 0) is 41.5 Å². The molecule has 0 spiro atoms. The number of carbonyl (C=O) groups excluding carboxylic acids is 2. The summed E-state index contributed by atoms with van der Waals surface area (Å²) in [5.41, 5.74) is 4.73. The van der Waals surface area contributed by atoms with Crippen LogP contribution in [0.1, 0.15) is 56.1 Å². The lowest BCUT2D eigenvalue weighted by atomic mass is 9.98. The fourth-order valence-corrected chi connectivity index (χ4v) is 4.38. The number of hydrogen-bond donors (Lipinski definition) is 2. The van der Waals surface area contributed by atoms with Crippen LogP contribution < -0.4 is 5.32 Å². The fraction of sp³-hybridized carbons (Fsp3) is 0.423. The second-order valence-electron chi connectivity index (χ2n) is 8.33. The molecule has 0 heterocycles. The highest BCUT2D eigenvalue weighted by Gasteiger charge is 2.29. The number of nitrogens with zero attached hydrogens (tertiary/aromatic N) is 1. The molecule has 0 saturated carbocycles. The number of likely N-dealkylation sites (N-methyl/N-ethyl adjacent to an activating group) is 1. The van der Waals surface area contributed by atoms with Crippen LogP contribution in [0.3, 0.4) is 0 Å². The van der Waals surface area contributed by atoms with Gasteiger partial charge in [0.2, 0.25) is 5.91 Å². The van der Waals surface area contributed by atoms with Crippen LogP contribution in [0.25, 0.3) is 11.1 Å². The largest absolute Gasteiger partial charge is 0.480 e. The van der Waals surface area contributed by atoms with Crippen molar-refractivity contribution in [3.05, 3.63) is 59.7 Å². The van der Waals surface area contributed by atoms with E-state index in [9.17, 15) is 14.4 Å². The van der Waals surface area contributed by atoms with Gasteiger partial charge in [-0.2, -0.15) is 0 Å². The number of aliphatic carboxylic acids is 1. The first-order valence-corrected chi connectivity index (χ1v) is 11.5. The lowest BCUT2D eigenvalue weighted by molar-refractivity contribution is -0.149. The van der Waals surface area contributed by atoms with Crippen molar-refractivity contribution in [1.82, 2.24) is 10.2 Å². The number of benzene rings is 2. The summed E-state index contributed by atoms with van der Waals surface area (Å²) in [6.45, 7) is 2.49. The van der Waals surface area contributed by atoms with Gasteiger partial charge in [0.15, 0.2) is 0 Å². The summed E-state index contributed by atoms with van der Waals surface area (Å²) in [7, 11) is 1.53. The molecule has 2 aromatic carbocycles. The highest BCUT2D eigenvalue weighted by Crippen LogP contribution is 2.44. The molecule has 3 rings (SSSR count). The van der Waals surface area contributed by atoms with Crippen molar-refractivity contribution in [1.29, 1.82) is 0 Å². The molecule has 0 fully saturated rings. The molecule has 1 aliphatic carbocycles. The number of carboxylic acid groups (broad SMARTS) is 1. The third-order valence-electron chi connectivity index (χ3n) is 6.21. The van der Waals surface area contributed by atoms with Crippen LogP contribution in [-0.4, -0.2) is 54.2 Å². The van der Waals surface area contributed by atoms with E-state index in [1.165, 1.54) is 34.2 Å². The number of ether oxygens (including phenoxy) is 1. The minimum absolute atomic E-state index is 0.0314. The molecule has 2 N–H and O–H groups in total. The summed E-state index contributed by atoms with van der Waals surface area (Å²) in [5, 5.41) is 11.9. The SMILES string of the molecule is CCC(C(=O)O)N(C)C(=O)CCCCCNC(=O)OCC1c2ccccc2-c2ccccc21. The first kappa shape index (κ1) is 24.3. The van der Waals surface area contributed by atoms with E-state index in [1.807, 2.05) is 24.3 Å².